The maximum absolute atomic E-state index is 10.7. The summed E-state index contributed by atoms with van der Waals surface area (Å²) in [5.74, 6) is 0.813. The van der Waals surface area contributed by atoms with E-state index in [1.165, 1.54) is 25.7 Å². The van der Waals surface area contributed by atoms with Crippen molar-refractivity contribution in [2.75, 3.05) is 6.54 Å². The van der Waals surface area contributed by atoms with Crippen LogP contribution in [0.1, 0.15) is 32.6 Å². The SMILES string of the molecule is CC(=O)NC[C@H]1C[C@H]2CC[C@@H](C1)N2. The van der Waals surface area contributed by atoms with Gasteiger partial charge in [-0.3, -0.25) is 4.79 Å². The number of hydrogen-bond donors (Lipinski definition) is 2. The highest BCUT2D eigenvalue weighted by atomic mass is 16.1. The summed E-state index contributed by atoms with van der Waals surface area (Å²) in [5.41, 5.74) is 0. The first-order valence-corrected chi connectivity index (χ1v) is 5.24. The Labute approximate surface area is 79.3 Å². The van der Waals surface area contributed by atoms with Gasteiger partial charge < -0.3 is 10.6 Å². The molecule has 2 saturated heterocycles. The summed E-state index contributed by atoms with van der Waals surface area (Å²) in [6, 6.07) is 1.47. The predicted octanol–water partition coefficient (Wildman–Crippen LogP) is 0.653. The van der Waals surface area contributed by atoms with Crippen molar-refractivity contribution < 1.29 is 4.79 Å². The van der Waals surface area contributed by atoms with Crippen molar-refractivity contribution in [1.82, 2.24) is 10.6 Å². The molecule has 2 heterocycles. The number of rotatable bonds is 2. The lowest BCUT2D eigenvalue weighted by Crippen LogP contribution is -2.41. The van der Waals surface area contributed by atoms with Crippen LogP contribution in [0.25, 0.3) is 0 Å². The van der Waals surface area contributed by atoms with Crippen LogP contribution in [0.15, 0.2) is 0 Å². The third-order valence-corrected chi connectivity index (χ3v) is 3.21. The second kappa shape index (κ2) is 3.66. The smallest absolute Gasteiger partial charge is 0.216 e. The second-order valence-electron chi connectivity index (χ2n) is 4.41. The number of hydrogen-bond acceptors (Lipinski definition) is 2. The van der Waals surface area contributed by atoms with Crippen LogP contribution in [0.2, 0.25) is 0 Å². The van der Waals surface area contributed by atoms with E-state index in [0.717, 1.165) is 18.6 Å². The monoisotopic (exact) mass is 182 g/mol. The van der Waals surface area contributed by atoms with Crippen LogP contribution in [0, 0.1) is 5.92 Å². The molecular formula is C10H18N2O. The zero-order valence-electron chi connectivity index (χ0n) is 8.18. The zero-order chi connectivity index (χ0) is 9.26. The molecule has 0 spiro atoms. The topological polar surface area (TPSA) is 41.1 Å². The van der Waals surface area contributed by atoms with E-state index >= 15 is 0 Å². The van der Waals surface area contributed by atoms with Crippen molar-refractivity contribution in [1.29, 1.82) is 0 Å². The minimum Gasteiger partial charge on any atom is -0.356 e. The molecule has 74 valence electrons. The Balaban J connectivity index is 1.78. The van der Waals surface area contributed by atoms with Crippen LogP contribution < -0.4 is 10.6 Å². The highest BCUT2D eigenvalue weighted by Crippen LogP contribution is 2.30. The van der Waals surface area contributed by atoms with Crippen molar-refractivity contribution in [2.24, 2.45) is 5.92 Å². The summed E-state index contributed by atoms with van der Waals surface area (Å²) in [7, 11) is 0. The molecule has 0 aromatic rings. The second-order valence-corrected chi connectivity index (χ2v) is 4.41. The molecule has 13 heavy (non-hydrogen) atoms. The number of nitrogens with one attached hydrogen (secondary N) is 2. The lowest BCUT2D eigenvalue weighted by atomic mass is 9.92. The zero-order valence-corrected chi connectivity index (χ0v) is 8.18. The normalized spacial score (nSPS) is 37.5. The van der Waals surface area contributed by atoms with Gasteiger partial charge in [0.25, 0.3) is 0 Å². The fourth-order valence-corrected chi connectivity index (χ4v) is 2.63. The van der Waals surface area contributed by atoms with E-state index in [9.17, 15) is 4.79 Å². The molecular weight excluding hydrogens is 164 g/mol. The number of piperidine rings is 1. The highest BCUT2D eigenvalue weighted by Gasteiger charge is 2.33. The minimum absolute atomic E-state index is 0.103. The Kier molecular flexibility index (Phi) is 2.54. The van der Waals surface area contributed by atoms with Gasteiger partial charge in [0.1, 0.15) is 0 Å². The Morgan fingerprint density at radius 2 is 2.00 bits per heavy atom. The van der Waals surface area contributed by atoms with E-state index in [1.807, 2.05) is 0 Å². The predicted molar refractivity (Wildman–Crippen MR) is 51.4 cm³/mol. The molecule has 0 aromatic carbocycles. The summed E-state index contributed by atoms with van der Waals surface area (Å²) >= 11 is 0. The van der Waals surface area contributed by atoms with Crippen molar-refractivity contribution >= 4 is 5.91 Å². The van der Waals surface area contributed by atoms with Crippen molar-refractivity contribution in [3.63, 3.8) is 0 Å². The molecule has 2 aliphatic heterocycles. The molecule has 2 aliphatic rings. The van der Waals surface area contributed by atoms with E-state index in [0.29, 0.717) is 5.92 Å². The van der Waals surface area contributed by atoms with Gasteiger partial charge in [-0.1, -0.05) is 0 Å². The molecule has 0 unspecified atom stereocenters. The first-order chi connectivity index (χ1) is 6.24. The quantitative estimate of drug-likeness (QED) is 0.658. The van der Waals surface area contributed by atoms with Crippen LogP contribution in [-0.4, -0.2) is 24.5 Å². The van der Waals surface area contributed by atoms with Crippen molar-refractivity contribution in [2.45, 2.75) is 44.7 Å². The van der Waals surface area contributed by atoms with Crippen LogP contribution in [0.5, 0.6) is 0 Å². The Hall–Kier alpha value is -0.570. The van der Waals surface area contributed by atoms with Crippen LogP contribution in [0.3, 0.4) is 0 Å². The molecule has 1 amide bonds. The molecule has 2 fully saturated rings. The van der Waals surface area contributed by atoms with Gasteiger partial charge in [0.2, 0.25) is 5.91 Å². The van der Waals surface area contributed by atoms with E-state index in [4.69, 9.17) is 0 Å². The summed E-state index contributed by atoms with van der Waals surface area (Å²) in [4.78, 5) is 10.7. The molecule has 2 rings (SSSR count). The van der Waals surface area contributed by atoms with Crippen LogP contribution >= 0.6 is 0 Å². The standard InChI is InChI=1S/C10H18N2O/c1-7(13)11-6-8-4-9-2-3-10(5-8)12-9/h8-10,12H,2-6H2,1H3,(H,11,13)/t8-,9+,10-. The lowest BCUT2D eigenvalue weighted by molar-refractivity contribution is -0.119. The van der Waals surface area contributed by atoms with Gasteiger partial charge in [-0.15, -0.1) is 0 Å². The van der Waals surface area contributed by atoms with Crippen molar-refractivity contribution in [3.05, 3.63) is 0 Å². The van der Waals surface area contributed by atoms with E-state index in [-0.39, 0.29) is 5.91 Å². The largest absolute Gasteiger partial charge is 0.356 e. The Morgan fingerprint density at radius 1 is 1.38 bits per heavy atom. The molecule has 0 aromatic heterocycles. The summed E-state index contributed by atoms with van der Waals surface area (Å²) < 4.78 is 0. The number of carbonyl (C=O) groups excluding carboxylic acids is 1. The summed E-state index contributed by atoms with van der Waals surface area (Å²) in [6.07, 6.45) is 5.16. The molecule has 0 radical (unpaired) electrons. The van der Waals surface area contributed by atoms with Gasteiger partial charge in [-0.05, 0) is 31.6 Å². The first-order valence-electron chi connectivity index (χ1n) is 5.24. The molecule has 0 aliphatic carbocycles. The van der Waals surface area contributed by atoms with E-state index in [2.05, 4.69) is 10.6 Å². The van der Waals surface area contributed by atoms with E-state index < -0.39 is 0 Å². The average molecular weight is 182 g/mol. The first kappa shape index (κ1) is 9.00. The van der Waals surface area contributed by atoms with Crippen LogP contribution in [-0.2, 0) is 4.79 Å². The number of fused-ring (bicyclic) bond motifs is 2. The van der Waals surface area contributed by atoms with Gasteiger partial charge in [0.05, 0.1) is 0 Å². The minimum atomic E-state index is 0.103. The fourth-order valence-electron chi connectivity index (χ4n) is 2.63. The van der Waals surface area contributed by atoms with Gasteiger partial charge in [0.15, 0.2) is 0 Å². The number of amides is 1. The van der Waals surface area contributed by atoms with Gasteiger partial charge in [-0.2, -0.15) is 0 Å². The van der Waals surface area contributed by atoms with Crippen molar-refractivity contribution in [3.8, 4) is 0 Å². The van der Waals surface area contributed by atoms with Gasteiger partial charge >= 0.3 is 0 Å². The third kappa shape index (κ3) is 2.21. The number of carbonyl (C=O) groups is 1. The maximum atomic E-state index is 10.7. The molecule has 2 N–H and O–H groups in total. The molecule has 3 nitrogen and oxygen atoms in total. The maximum Gasteiger partial charge on any atom is 0.216 e. The van der Waals surface area contributed by atoms with Gasteiger partial charge in [-0.25, -0.2) is 0 Å². The lowest BCUT2D eigenvalue weighted by Gasteiger charge is -2.28. The summed E-state index contributed by atoms with van der Waals surface area (Å²) in [5, 5.41) is 6.51. The van der Waals surface area contributed by atoms with Gasteiger partial charge in [0, 0.05) is 25.6 Å². The Morgan fingerprint density at radius 3 is 2.54 bits per heavy atom. The fraction of sp³-hybridized carbons (Fsp3) is 0.900. The Bertz CT molecular complexity index is 193. The molecule has 2 bridgehead atoms. The molecule has 0 saturated carbocycles. The molecule has 3 atom stereocenters. The van der Waals surface area contributed by atoms with E-state index in [1.54, 1.807) is 6.92 Å². The van der Waals surface area contributed by atoms with Crippen LogP contribution in [0.4, 0.5) is 0 Å². The molecule has 3 heteroatoms. The third-order valence-electron chi connectivity index (χ3n) is 3.21. The highest BCUT2D eigenvalue weighted by molar-refractivity contribution is 5.72. The summed E-state index contributed by atoms with van der Waals surface area (Å²) in [6.45, 7) is 2.47. The average Bonchev–Trinajstić information content (AvgIpc) is 2.42.